The zero-order chi connectivity index (χ0) is 20.1. The molecule has 0 aromatic heterocycles. The molecule has 28 heavy (non-hydrogen) atoms. The summed E-state index contributed by atoms with van der Waals surface area (Å²) in [5, 5.41) is 3.24. The second kappa shape index (κ2) is 9.13. The lowest BCUT2D eigenvalue weighted by atomic mass is 10.2. The predicted octanol–water partition coefficient (Wildman–Crippen LogP) is 3.48. The van der Waals surface area contributed by atoms with Gasteiger partial charge in [-0.25, -0.2) is 8.42 Å². The molecule has 1 heterocycles. The normalized spacial score (nSPS) is 16.7. The van der Waals surface area contributed by atoms with E-state index >= 15 is 0 Å². The van der Waals surface area contributed by atoms with Crippen molar-refractivity contribution in [3.63, 3.8) is 0 Å². The molecule has 1 N–H and O–H groups in total. The Morgan fingerprint density at radius 2 is 1.89 bits per heavy atom. The Bertz CT molecular complexity index is 932. The quantitative estimate of drug-likeness (QED) is 0.711. The summed E-state index contributed by atoms with van der Waals surface area (Å²) in [6, 6.07) is 12.4. The Morgan fingerprint density at radius 1 is 1.14 bits per heavy atom. The molecule has 1 aliphatic rings. The van der Waals surface area contributed by atoms with E-state index in [0.29, 0.717) is 18.2 Å². The zero-order valence-corrected chi connectivity index (χ0v) is 17.3. The van der Waals surface area contributed by atoms with Crippen molar-refractivity contribution in [3.05, 3.63) is 58.6 Å². The van der Waals surface area contributed by atoms with Crippen molar-refractivity contribution in [1.82, 2.24) is 5.32 Å². The monoisotopic (exact) mass is 442 g/mol. The van der Waals surface area contributed by atoms with Crippen LogP contribution in [0, 0.1) is 0 Å². The fraction of sp³-hybridized carbons (Fsp3) is 0.316. The van der Waals surface area contributed by atoms with Crippen LogP contribution in [0.15, 0.2) is 53.4 Å². The van der Waals surface area contributed by atoms with Gasteiger partial charge < -0.3 is 10.1 Å². The number of hydrogen-bond donors (Lipinski definition) is 1. The Labute approximate surface area is 174 Å². The molecule has 1 unspecified atom stereocenters. The smallest absolute Gasteiger partial charge is 0.264 e. The molecule has 1 aliphatic heterocycles. The van der Waals surface area contributed by atoms with Gasteiger partial charge in [0.1, 0.15) is 6.54 Å². The number of nitrogens with one attached hydrogen (secondary N) is 1. The van der Waals surface area contributed by atoms with Crippen LogP contribution in [0.5, 0.6) is 0 Å². The number of carbonyl (C=O) groups is 1. The van der Waals surface area contributed by atoms with Crippen molar-refractivity contribution >= 4 is 44.8 Å². The van der Waals surface area contributed by atoms with Crippen molar-refractivity contribution < 1.29 is 17.9 Å². The summed E-state index contributed by atoms with van der Waals surface area (Å²) in [6.07, 6.45) is 1.80. The summed E-state index contributed by atoms with van der Waals surface area (Å²) in [5.74, 6) is -0.430. The van der Waals surface area contributed by atoms with Crippen molar-refractivity contribution in [2.24, 2.45) is 0 Å². The first-order valence-electron chi connectivity index (χ1n) is 8.79. The van der Waals surface area contributed by atoms with E-state index in [1.807, 2.05) is 0 Å². The van der Waals surface area contributed by atoms with Crippen LogP contribution in [-0.4, -0.2) is 40.1 Å². The van der Waals surface area contributed by atoms with Gasteiger partial charge in [0.05, 0.1) is 26.7 Å². The average molecular weight is 443 g/mol. The Kier molecular flexibility index (Phi) is 6.82. The number of rotatable bonds is 7. The van der Waals surface area contributed by atoms with E-state index in [1.54, 1.807) is 18.2 Å². The molecule has 1 saturated heterocycles. The van der Waals surface area contributed by atoms with Crippen LogP contribution < -0.4 is 9.62 Å². The molecule has 3 rings (SSSR count). The molecule has 1 fully saturated rings. The summed E-state index contributed by atoms with van der Waals surface area (Å²) < 4.78 is 32.8. The number of halogens is 2. The molecule has 150 valence electrons. The number of sulfonamides is 1. The summed E-state index contributed by atoms with van der Waals surface area (Å²) in [4.78, 5) is 12.6. The molecule has 6 nitrogen and oxygen atoms in total. The summed E-state index contributed by atoms with van der Waals surface area (Å²) in [7, 11) is -3.98. The molecule has 1 amide bonds. The van der Waals surface area contributed by atoms with Crippen LogP contribution in [0.25, 0.3) is 0 Å². The Hall–Kier alpha value is -1.80. The third kappa shape index (κ3) is 4.97. The lowest BCUT2D eigenvalue weighted by molar-refractivity contribution is -0.120. The van der Waals surface area contributed by atoms with Gasteiger partial charge in [-0.1, -0.05) is 41.4 Å². The number of benzene rings is 2. The van der Waals surface area contributed by atoms with E-state index in [2.05, 4.69) is 5.32 Å². The maximum Gasteiger partial charge on any atom is 0.264 e. The first-order valence-corrected chi connectivity index (χ1v) is 11.0. The highest BCUT2D eigenvalue weighted by Crippen LogP contribution is 2.30. The average Bonchev–Trinajstić information content (AvgIpc) is 3.21. The van der Waals surface area contributed by atoms with Crippen molar-refractivity contribution in [3.8, 4) is 0 Å². The highest BCUT2D eigenvalue weighted by atomic mass is 35.5. The summed E-state index contributed by atoms with van der Waals surface area (Å²) >= 11 is 12.0. The molecule has 2 aromatic rings. The number of ether oxygens (including phenoxy) is 1. The largest absolute Gasteiger partial charge is 0.376 e. The van der Waals surface area contributed by atoms with Gasteiger partial charge in [-0.3, -0.25) is 9.10 Å². The Morgan fingerprint density at radius 3 is 2.54 bits per heavy atom. The molecular formula is C19H20Cl2N2O4S. The highest BCUT2D eigenvalue weighted by Gasteiger charge is 2.28. The maximum atomic E-state index is 13.2. The zero-order valence-electron chi connectivity index (χ0n) is 15.0. The van der Waals surface area contributed by atoms with Gasteiger partial charge in [0.25, 0.3) is 10.0 Å². The van der Waals surface area contributed by atoms with Crippen LogP contribution in [-0.2, 0) is 19.6 Å². The molecular weight excluding hydrogens is 423 g/mol. The first-order chi connectivity index (χ1) is 13.4. The molecule has 9 heteroatoms. The second-order valence-corrected chi connectivity index (χ2v) is 9.04. The Balaban J connectivity index is 1.85. The van der Waals surface area contributed by atoms with E-state index in [9.17, 15) is 13.2 Å². The van der Waals surface area contributed by atoms with E-state index in [-0.39, 0.29) is 28.3 Å². The van der Waals surface area contributed by atoms with Crippen LogP contribution >= 0.6 is 23.2 Å². The van der Waals surface area contributed by atoms with Crippen LogP contribution in [0.1, 0.15) is 12.8 Å². The maximum absolute atomic E-state index is 13.2. The van der Waals surface area contributed by atoms with Crippen LogP contribution in [0.4, 0.5) is 5.69 Å². The second-order valence-electron chi connectivity index (χ2n) is 6.36. The standard InChI is InChI=1S/C19H20Cl2N2O4S/c20-17-9-8-14(11-18(17)21)23(28(25,26)16-6-2-1-3-7-16)13-19(24)22-12-15-5-4-10-27-15/h1-3,6-9,11,15H,4-5,10,12-13H2,(H,22,24). The lowest BCUT2D eigenvalue weighted by Gasteiger charge is -2.24. The van der Waals surface area contributed by atoms with Gasteiger partial charge in [-0.05, 0) is 43.2 Å². The van der Waals surface area contributed by atoms with Crippen molar-refractivity contribution in [2.45, 2.75) is 23.8 Å². The molecule has 0 bridgehead atoms. The van der Waals surface area contributed by atoms with Gasteiger partial charge >= 0.3 is 0 Å². The van der Waals surface area contributed by atoms with Crippen molar-refractivity contribution in [2.75, 3.05) is 24.0 Å². The molecule has 0 radical (unpaired) electrons. The van der Waals surface area contributed by atoms with Gasteiger partial charge in [-0.2, -0.15) is 0 Å². The highest BCUT2D eigenvalue weighted by molar-refractivity contribution is 7.92. The number of anilines is 1. The molecule has 0 saturated carbocycles. The molecule has 1 atom stereocenters. The minimum absolute atomic E-state index is 0.0342. The number of amides is 1. The number of nitrogens with zero attached hydrogens (tertiary/aromatic N) is 1. The van der Waals surface area contributed by atoms with E-state index < -0.39 is 15.9 Å². The van der Waals surface area contributed by atoms with E-state index in [4.69, 9.17) is 27.9 Å². The summed E-state index contributed by atoms with van der Waals surface area (Å²) in [5.41, 5.74) is 0.255. The fourth-order valence-corrected chi connectivity index (χ4v) is 4.62. The van der Waals surface area contributed by atoms with E-state index in [1.165, 1.54) is 30.3 Å². The lowest BCUT2D eigenvalue weighted by Crippen LogP contribution is -2.42. The van der Waals surface area contributed by atoms with Crippen LogP contribution in [0.3, 0.4) is 0 Å². The SMILES string of the molecule is O=C(CN(c1ccc(Cl)c(Cl)c1)S(=O)(=O)c1ccccc1)NCC1CCCO1. The molecule has 0 spiro atoms. The predicted molar refractivity (Wildman–Crippen MR) is 109 cm³/mol. The van der Waals surface area contributed by atoms with Crippen molar-refractivity contribution in [1.29, 1.82) is 0 Å². The summed E-state index contributed by atoms with van der Waals surface area (Å²) in [6.45, 7) is 0.639. The van der Waals surface area contributed by atoms with E-state index in [0.717, 1.165) is 17.1 Å². The van der Waals surface area contributed by atoms with Gasteiger partial charge in [-0.15, -0.1) is 0 Å². The van der Waals surface area contributed by atoms with Gasteiger partial charge in [0.15, 0.2) is 0 Å². The topological polar surface area (TPSA) is 75.7 Å². The van der Waals surface area contributed by atoms with Crippen LogP contribution in [0.2, 0.25) is 10.0 Å². The molecule has 0 aliphatic carbocycles. The third-order valence-corrected chi connectivity index (χ3v) is 6.89. The molecule has 2 aromatic carbocycles. The van der Waals surface area contributed by atoms with Gasteiger partial charge in [0, 0.05) is 13.2 Å². The fourth-order valence-electron chi connectivity index (χ4n) is 2.89. The minimum atomic E-state index is -3.98. The third-order valence-electron chi connectivity index (χ3n) is 4.36. The van der Waals surface area contributed by atoms with Gasteiger partial charge in [0.2, 0.25) is 5.91 Å². The minimum Gasteiger partial charge on any atom is -0.376 e. The number of carbonyl (C=O) groups excluding carboxylic acids is 1. The number of hydrogen-bond acceptors (Lipinski definition) is 4. The first kappa shape index (κ1) is 20.9.